The SMILES string of the molecule is C1=C/C2=C/N=Cc3ccccc3OC2=CC1. The molecule has 0 atom stereocenters. The first-order valence-electron chi connectivity index (χ1n) is 5.31. The van der Waals surface area contributed by atoms with Crippen LogP contribution in [0.1, 0.15) is 12.0 Å². The Morgan fingerprint density at radius 2 is 2.12 bits per heavy atom. The number of hydrogen-bond acceptors (Lipinski definition) is 2. The van der Waals surface area contributed by atoms with E-state index in [1.54, 1.807) is 0 Å². The lowest BCUT2D eigenvalue weighted by Gasteiger charge is -2.16. The quantitative estimate of drug-likeness (QED) is 0.642. The zero-order valence-corrected chi connectivity index (χ0v) is 8.76. The van der Waals surface area contributed by atoms with Crippen LogP contribution in [0.15, 0.2) is 65.0 Å². The number of ether oxygens (including phenoxy) is 1. The summed E-state index contributed by atoms with van der Waals surface area (Å²) < 4.78 is 5.89. The fourth-order valence-corrected chi connectivity index (χ4v) is 1.77. The summed E-state index contributed by atoms with van der Waals surface area (Å²) in [7, 11) is 0. The predicted octanol–water partition coefficient (Wildman–Crippen LogP) is 3.23. The molecule has 0 bridgehead atoms. The zero-order chi connectivity index (χ0) is 10.8. The maximum atomic E-state index is 5.89. The maximum Gasteiger partial charge on any atom is 0.136 e. The van der Waals surface area contributed by atoms with Crippen LogP contribution in [-0.2, 0) is 0 Å². The zero-order valence-electron chi connectivity index (χ0n) is 8.76. The number of hydrogen-bond donors (Lipinski definition) is 0. The highest BCUT2D eigenvalue weighted by molar-refractivity contribution is 5.84. The van der Waals surface area contributed by atoms with E-state index in [1.165, 1.54) is 0 Å². The molecule has 0 unspecified atom stereocenters. The van der Waals surface area contributed by atoms with E-state index >= 15 is 0 Å². The van der Waals surface area contributed by atoms with Gasteiger partial charge in [0, 0.05) is 23.6 Å². The monoisotopic (exact) mass is 209 g/mol. The molecule has 16 heavy (non-hydrogen) atoms. The Labute approximate surface area is 94.3 Å². The normalized spacial score (nSPS) is 20.5. The van der Waals surface area contributed by atoms with Gasteiger partial charge in [0.15, 0.2) is 0 Å². The molecule has 0 fully saturated rings. The lowest BCUT2D eigenvalue weighted by atomic mass is 10.1. The van der Waals surface area contributed by atoms with Gasteiger partial charge in [0.05, 0.1) is 0 Å². The van der Waals surface area contributed by atoms with E-state index in [1.807, 2.05) is 42.8 Å². The van der Waals surface area contributed by atoms with Crippen LogP contribution >= 0.6 is 0 Å². The standard InChI is InChI=1S/C14H11NO/c1-3-7-13-11(5-1)9-15-10-12-6-2-4-8-14(12)16-13/h1-3,5-10H,4H2/b12-10-,15-9?. The van der Waals surface area contributed by atoms with Gasteiger partial charge in [-0.1, -0.05) is 24.3 Å². The van der Waals surface area contributed by atoms with Crippen LogP contribution < -0.4 is 4.74 Å². The highest BCUT2D eigenvalue weighted by Crippen LogP contribution is 2.26. The average molecular weight is 209 g/mol. The van der Waals surface area contributed by atoms with Gasteiger partial charge in [-0.15, -0.1) is 0 Å². The van der Waals surface area contributed by atoms with E-state index in [0.29, 0.717) is 0 Å². The molecule has 0 saturated heterocycles. The van der Waals surface area contributed by atoms with Crippen LogP contribution in [0.4, 0.5) is 0 Å². The molecule has 2 heteroatoms. The minimum atomic E-state index is 0.860. The van der Waals surface area contributed by atoms with Crippen molar-refractivity contribution in [3.8, 4) is 5.75 Å². The fraction of sp³-hybridized carbons (Fsp3) is 0.0714. The summed E-state index contributed by atoms with van der Waals surface area (Å²) in [5.41, 5.74) is 2.03. The first-order chi connectivity index (χ1) is 7.93. The third kappa shape index (κ3) is 1.58. The second kappa shape index (κ2) is 3.81. The lowest BCUT2D eigenvalue weighted by molar-refractivity contribution is 0.434. The second-order valence-electron chi connectivity index (χ2n) is 3.71. The second-order valence-corrected chi connectivity index (χ2v) is 3.71. The minimum absolute atomic E-state index is 0.860. The first-order valence-corrected chi connectivity index (χ1v) is 5.31. The van der Waals surface area contributed by atoms with Crippen molar-refractivity contribution in [2.45, 2.75) is 6.42 Å². The topological polar surface area (TPSA) is 21.6 Å². The van der Waals surface area contributed by atoms with Gasteiger partial charge in [-0.05, 0) is 24.6 Å². The number of nitrogens with zero attached hydrogens (tertiary/aromatic N) is 1. The number of fused-ring (bicyclic) bond motifs is 2. The Bertz CT molecular complexity index is 535. The Hall–Kier alpha value is -2.09. The molecule has 3 rings (SSSR count). The van der Waals surface area contributed by atoms with Gasteiger partial charge in [0.1, 0.15) is 11.5 Å². The summed E-state index contributed by atoms with van der Waals surface area (Å²) in [6, 6.07) is 7.91. The molecule has 1 aliphatic carbocycles. The van der Waals surface area contributed by atoms with Crippen molar-refractivity contribution >= 4 is 6.21 Å². The maximum absolute atomic E-state index is 5.89. The number of allylic oxidation sites excluding steroid dienone is 3. The van der Waals surface area contributed by atoms with Gasteiger partial charge in [-0.3, -0.25) is 4.99 Å². The summed E-state index contributed by atoms with van der Waals surface area (Å²) >= 11 is 0. The third-order valence-electron chi connectivity index (χ3n) is 2.59. The number of aliphatic imine (C=N–C) groups is 1. The third-order valence-corrected chi connectivity index (χ3v) is 2.59. The van der Waals surface area contributed by atoms with Crippen LogP contribution in [0.2, 0.25) is 0 Å². The van der Waals surface area contributed by atoms with Gasteiger partial charge >= 0.3 is 0 Å². The van der Waals surface area contributed by atoms with Crippen LogP contribution in [0.5, 0.6) is 5.75 Å². The van der Waals surface area contributed by atoms with Crippen molar-refractivity contribution in [2.24, 2.45) is 4.99 Å². The lowest BCUT2D eigenvalue weighted by Crippen LogP contribution is -2.04. The molecule has 1 aromatic rings. The molecule has 1 aliphatic heterocycles. The van der Waals surface area contributed by atoms with Crippen molar-refractivity contribution < 1.29 is 4.74 Å². The van der Waals surface area contributed by atoms with Crippen molar-refractivity contribution in [2.75, 3.05) is 0 Å². The summed E-state index contributed by atoms with van der Waals surface area (Å²) in [5, 5.41) is 0. The molecule has 1 aromatic carbocycles. The Morgan fingerprint density at radius 3 is 3.12 bits per heavy atom. The molecule has 2 aliphatic rings. The average Bonchev–Trinajstić information content (AvgIpc) is 2.29. The molecule has 1 heterocycles. The van der Waals surface area contributed by atoms with Crippen LogP contribution in [0.3, 0.4) is 0 Å². The molecule has 0 aromatic heterocycles. The predicted molar refractivity (Wildman–Crippen MR) is 64.6 cm³/mol. The summed E-state index contributed by atoms with van der Waals surface area (Å²) in [6.07, 6.45) is 10.8. The Kier molecular flexibility index (Phi) is 2.18. The van der Waals surface area contributed by atoms with Crippen molar-refractivity contribution in [3.63, 3.8) is 0 Å². The van der Waals surface area contributed by atoms with E-state index in [0.717, 1.165) is 29.1 Å². The van der Waals surface area contributed by atoms with Gasteiger partial charge in [-0.2, -0.15) is 0 Å². The summed E-state index contributed by atoms with van der Waals surface area (Å²) in [5.74, 6) is 1.75. The molecule has 0 N–H and O–H groups in total. The Morgan fingerprint density at radius 1 is 1.19 bits per heavy atom. The molecule has 0 amide bonds. The van der Waals surface area contributed by atoms with Gasteiger partial charge in [0.2, 0.25) is 0 Å². The highest BCUT2D eigenvalue weighted by Gasteiger charge is 2.11. The van der Waals surface area contributed by atoms with E-state index in [2.05, 4.69) is 17.1 Å². The smallest absolute Gasteiger partial charge is 0.136 e. The minimum Gasteiger partial charge on any atom is -0.456 e. The molecule has 78 valence electrons. The summed E-state index contributed by atoms with van der Waals surface area (Å²) in [4.78, 5) is 4.30. The molecular formula is C14H11NO. The number of benzene rings is 1. The molecule has 0 spiro atoms. The largest absolute Gasteiger partial charge is 0.456 e. The molecule has 0 radical (unpaired) electrons. The fourth-order valence-electron chi connectivity index (χ4n) is 1.77. The van der Waals surface area contributed by atoms with Gasteiger partial charge < -0.3 is 4.74 Å². The van der Waals surface area contributed by atoms with E-state index in [-0.39, 0.29) is 0 Å². The number of para-hydroxylation sites is 1. The molecule has 0 saturated carbocycles. The van der Waals surface area contributed by atoms with Crippen molar-refractivity contribution in [3.05, 3.63) is 65.6 Å². The van der Waals surface area contributed by atoms with E-state index < -0.39 is 0 Å². The van der Waals surface area contributed by atoms with Crippen molar-refractivity contribution in [1.29, 1.82) is 0 Å². The molecule has 2 nitrogen and oxygen atoms in total. The van der Waals surface area contributed by atoms with E-state index in [9.17, 15) is 0 Å². The molecular weight excluding hydrogens is 198 g/mol. The van der Waals surface area contributed by atoms with Gasteiger partial charge in [0.25, 0.3) is 0 Å². The highest BCUT2D eigenvalue weighted by atomic mass is 16.5. The van der Waals surface area contributed by atoms with Gasteiger partial charge in [-0.25, -0.2) is 0 Å². The van der Waals surface area contributed by atoms with Crippen LogP contribution in [0.25, 0.3) is 0 Å². The van der Waals surface area contributed by atoms with E-state index in [4.69, 9.17) is 4.74 Å². The first kappa shape index (κ1) is 9.16. The van der Waals surface area contributed by atoms with Crippen LogP contribution in [-0.4, -0.2) is 6.21 Å². The summed E-state index contributed by atoms with van der Waals surface area (Å²) in [6.45, 7) is 0. The van der Waals surface area contributed by atoms with Crippen LogP contribution in [0, 0.1) is 0 Å². The number of rotatable bonds is 0. The Balaban J connectivity index is 2.10. The van der Waals surface area contributed by atoms with Crippen molar-refractivity contribution in [1.82, 2.24) is 0 Å².